The van der Waals surface area contributed by atoms with Crippen LogP contribution in [0.15, 0.2) is 34.9 Å². The average Bonchev–Trinajstić information content (AvgIpc) is 2.92. The first kappa shape index (κ1) is 16.3. The van der Waals surface area contributed by atoms with Crippen molar-refractivity contribution in [2.75, 3.05) is 5.32 Å². The number of hydrogen-bond donors (Lipinski definition) is 1. The Kier molecular flexibility index (Phi) is 4.18. The molecule has 0 radical (unpaired) electrons. The van der Waals surface area contributed by atoms with Gasteiger partial charge in [-0.3, -0.25) is 4.79 Å². The smallest absolute Gasteiger partial charge is 0.228 e. The van der Waals surface area contributed by atoms with Gasteiger partial charge in [-0.2, -0.15) is 0 Å². The molecule has 0 fully saturated rings. The molecule has 1 heterocycles. The molecule has 1 aromatic heterocycles. The Balaban J connectivity index is 1.87. The van der Waals surface area contributed by atoms with Gasteiger partial charge in [0.1, 0.15) is 5.58 Å². The normalized spacial score (nSPS) is 11.0. The van der Waals surface area contributed by atoms with Crippen LogP contribution in [0.3, 0.4) is 0 Å². The molecule has 1 amide bonds. The van der Waals surface area contributed by atoms with E-state index < -0.39 is 0 Å². The molecule has 0 saturated heterocycles. The molecule has 124 valence electrons. The third-order valence-corrected chi connectivity index (χ3v) is 4.63. The number of fused-ring (bicyclic) bond motifs is 1. The molecule has 3 aromatic rings. The van der Waals surface area contributed by atoms with Gasteiger partial charge < -0.3 is 9.73 Å². The van der Waals surface area contributed by atoms with Crippen LogP contribution in [0.5, 0.6) is 0 Å². The summed E-state index contributed by atoms with van der Waals surface area (Å²) in [6.45, 7) is 10.3. The van der Waals surface area contributed by atoms with Gasteiger partial charge in [0.05, 0.1) is 12.7 Å². The number of aryl methyl sites for hydroxylation is 5. The maximum atomic E-state index is 12.5. The van der Waals surface area contributed by atoms with Crippen molar-refractivity contribution in [3.8, 4) is 0 Å². The number of anilines is 1. The van der Waals surface area contributed by atoms with E-state index in [0.29, 0.717) is 6.42 Å². The molecule has 0 bridgehead atoms. The summed E-state index contributed by atoms with van der Waals surface area (Å²) in [5, 5.41) is 4.07. The van der Waals surface area contributed by atoms with Crippen molar-refractivity contribution in [1.82, 2.24) is 0 Å². The lowest BCUT2D eigenvalue weighted by molar-refractivity contribution is -0.115. The molecule has 24 heavy (non-hydrogen) atoms. The minimum absolute atomic E-state index is 0.0257. The Morgan fingerprint density at radius 1 is 1.00 bits per heavy atom. The first-order valence-corrected chi connectivity index (χ1v) is 8.21. The third kappa shape index (κ3) is 2.94. The van der Waals surface area contributed by atoms with Crippen LogP contribution in [0, 0.1) is 34.6 Å². The van der Waals surface area contributed by atoms with Gasteiger partial charge in [0.25, 0.3) is 0 Å². The number of rotatable bonds is 3. The van der Waals surface area contributed by atoms with Crippen molar-refractivity contribution in [3.63, 3.8) is 0 Å². The lowest BCUT2D eigenvalue weighted by Gasteiger charge is -2.09. The molecule has 1 N–H and O–H groups in total. The molecule has 0 aliphatic heterocycles. The highest BCUT2D eigenvalue weighted by molar-refractivity contribution is 5.97. The summed E-state index contributed by atoms with van der Waals surface area (Å²) in [5.41, 5.74) is 8.45. The summed E-state index contributed by atoms with van der Waals surface area (Å²) in [4.78, 5) is 12.5. The quantitative estimate of drug-likeness (QED) is 0.724. The summed E-state index contributed by atoms with van der Waals surface area (Å²) < 4.78 is 5.75. The van der Waals surface area contributed by atoms with Gasteiger partial charge in [-0.15, -0.1) is 0 Å². The lowest BCUT2D eigenvalue weighted by Crippen LogP contribution is -2.15. The van der Waals surface area contributed by atoms with E-state index >= 15 is 0 Å². The summed E-state index contributed by atoms with van der Waals surface area (Å²) in [7, 11) is 0. The molecular formula is C21H23NO2. The van der Waals surface area contributed by atoms with Crippen LogP contribution < -0.4 is 5.32 Å². The van der Waals surface area contributed by atoms with E-state index in [1.165, 1.54) is 11.1 Å². The Morgan fingerprint density at radius 3 is 2.46 bits per heavy atom. The molecule has 3 nitrogen and oxygen atoms in total. The van der Waals surface area contributed by atoms with Crippen LogP contribution in [0.1, 0.15) is 33.4 Å². The van der Waals surface area contributed by atoms with E-state index in [2.05, 4.69) is 38.2 Å². The molecule has 0 spiro atoms. The van der Waals surface area contributed by atoms with Crippen LogP contribution in [-0.2, 0) is 11.2 Å². The zero-order valence-electron chi connectivity index (χ0n) is 14.9. The number of carbonyl (C=O) groups excluding carboxylic acids is 1. The fourth-order valence-electron chi connectivity index (χ4n) is 3.24. The SMILES string of the molecule is Cc1ccc(NC(=O)Cc2coc3c(C)c(C)cc(C)c23)c(C)c1. The van der Waals surface area contributed by atoms with Gasteiger partial charge in [-0.25, -0.2) is 0 Å². The second-order valence-electron chi connectivity index (χ2n) is 6.64. The van der Waals surface area contributed by atoms with Crippen molar-refractivity contribution in [2.45, 2.75) is 41.0 Å². The fourth-order valence-corrected chi connectivity index (χ4v) is 3.24. The third-order valence-electron chi connectivity index (χ3n) is 4.63. The van der Waals surface area contributed by atoms with Crippen LogP contribution in [0.2, 0.25) is 0 Å². The van der Waals surface area contributed by atoms with Gasteiger partial charge in [-0.1, -0.05) is 23.8 Å². The molecule has 0 aliphatic carbocycles. The topological polar surface area (TPSA) is 42.2 Å². The molecule has 0 atom stereocenters. The van der Waals surface area contributed by atoms with Crippen molar-refractivity contribution in [1.29, 1.82) is 0 Å². The van der Waals surface area contributed by atoms with Crippen molar-refractivity contribution in [3.05, 3.63) is 63.9 Å². The van der Waals surface area contributed by atoms with E-state index in [-0.39, 0.29) is 5.91 Å². The Morgan fingerprint density at radius 2 is 1.75 bits per heavy atom. The highest BCUT2D eigenvalue weighted by Gasteiger charge is 2.15. The monoisotopic (exact) mass is 321 g/mol. The first-order valence-electron chi connectivity index (χ1n) is 8.21. The molecule has 0 aliphatic rings. The Bertz CT molecular complexity index is 935. The van der Waals surface area contributed by atoms with Crippen molar-refractivity contribution < 1.29 is 9.21 Å². The Hall–Kier alpha value is -2.55. The van der Waals surface area contributed by atoms with Crippen LogP contribution in [0.25, 0.3) is 11.0 Å². The van der Waals surface area contributed by atoms with Crippen LogP contribution >= 0.6 is 0 Å². The molecule has 0 unspecified atom stereocenters. The average molecular weight is 321 g/mol. The molecular weight excluding hydrogens is 298 g/mol. The van der Waals surface area contributed by atoms with Gasteiger partial charge in [0.15, 0.2) is 0 Å². The van der Waals surface area contributed by atoms with Gasteiger partial charge in [0.2, 0.25) is 5.91 Å². The van der Waals surface area contributed by atoms with Crippen LogP contribution in [-0.4, -0.2) is 5.91 Å². The first-order chi connectivity index (χ1) is 11.4. The summed E-state index contributed by atoms with van der Waals surface area (Å²) in [6.07, 6.45) is 2.02. The zero-order chi connectivity index (χ0) is 17.4. The number of benzene rings is 2. The summed E-state index contributed by atoms with van der Waals surface area (Å²) >= 11 is 0. The fraction of sp³-hybridized carbons (Fsp3) is 0.286. The van der Waals surface area contributed by atoms with Crippen molar-refractivity contribution in [2.24, 2.45) is 0 Å². The molecule has 0 saturated carbocycles. The Labute approximate surface area is 142 Å². The number of amides is 1. The maximum Gasteiger partial charge on any atom is 0.228 e. The number of hydrogen-bond acceptors (Lipinski definition) is 2. The van der Waals surface area contributed by atoms with Gasteiger partial charge in [0, 0.05) is 16.6 Å². The number of furan rings is 1. The van der Waals surface area contributed by atoms with E-state index in [0.717, 1.165) is 38.9 Å². The van der Waals surface area contributed by atoms with Crippen LogP contribution in [0.4, 0.5) is 5.69 Å². The predicted molar refractivity (Wildman–Crippen MR) is 98.7 cm³/mol. The standard InChI is InChI=1S/C21H23NO2/c1-12-6-7-18(14(3)8-12)22-19(23)10-17-11-24-21-16(5)13(2)9-15(4)20(17)21/h6-9,11H,10H2,1-5H3,(H,22,23). The highest BCUT2D eigenvalue weighted by atomic mass is 16.3. The van der Waals surface area contributed by atoms with E-state index in [9.17, 15) is 4.79 Å². The largest absolute Gasteiger partial charge is 0.464 e. The molecule has 2 aromatic carbocycles. The summed E-state index contributed by atoms with van der Waals surface area (Å²) in [6, 6.07) is 8.18. The van der Waals surface area contributed by atoms with Gasteiger partial charge in [-0.05, 0) is 62.9 Å². The maximum absolute atomic E-state index is 12.5. The second kappa shape index (κ2) is 6.16. The minimum atomic E-state index is -0.0257. The van der Waals surface area contributed by atoms with E-state index in [4.69, 9.17) is 4.42 Å². The molecule has 3 rings (SSSR count). The number of carbonyl (C=O) groups is 1. The van der Waals surface area contributed by atoms with Crippen molar-refractivity contribution >= 4 is 22.6 Å². The zero-order valence-corrected chi connectivity index (χ0v) is 14.9. The molecule has 3 heteroatoms. The van der Waals surface area contributed by atoms with Gasteiger partial charge >= 0.3 is 0 Å². The minimum Gasteiger partial charge on any atom is -0.464 e. The summed E-state index contributed by atoms with van der Waals surface area (Å²) in [5.74, 6) is -0.0257. The second-order valence-corrected chi connectivity index (χ2v) is 6.64. The highest BCUT2D eigenvalue weighted by Crippen LogP contribution is 2.30. The van der Waals surface area contributed by atoms with E-state index in [1.54, 1.807) is 6.26 Å². The predicted octanol–water partition coefficient (Wildman–Crippen LogP) is 5.16. The number of nitrogens with one attached hydrogen (secondary N) is 1. The van der Waals surface area contributed by atoms with E-state index in [1.807, 2.05) is 26.0 Å². The lowest BCUT2D eigenvalue weighted by atomic mass is 9.99.